The van der Waals surface area contributed by atoms with E-state index in [1.807, 2.05) is 18.2 Å². The average Bonchev–Trinajstić information content (AvgIpc) is 3.48. The van der Waals surface area contributed by atoms with Gasteiger partial charge in [0.1, 0.15) is 18.2 Å². The zero-order valence-electron chi connectivity index (χ0n) is 18.3. The van der Waals surface area contributed by atoms with E-state index in [-0.39, 0.29) is 30.8 Å². The van der Waals surface area contributed by atoms with Crippen LogP contribution >= 0.6 is 0 Å². The maximum absolute atomic E-state index is 13.0. The van der Waals surface area contributed by atoms with Crippen molar-refractivity contribution in [3.05, 3.63) is 83.7 Å². The fourth-order valence-corrected chi connectivity index (χ4v) is 3.99. The Labute approximate surface area is 196 Å². The second-order valence-electron chi connectivity index (χ2n) is 8.22. The van der Waals surface area contributed by atoms with Crippen LogP contribution in [0.25, 0.3) is 0 Å². The number of benzene rings is 3. The summed E-state index contributed by atoms with van der Waals surface area (Å²) in [4.78, 5) is 26.9. The number of carbonyl (C=O) groups is 2. The van der Waals surface area contributed by atoms with Gasteiger partial charge in [0.2, 0.25) is 18.6 Å². The fraction of sp³-hybridized carbons (Fsp3) is 0.231. The van der Waals surface area contributed by atoms with Crippen molar-refractivity contribution in [2.45, 2.75) is 19.6 Å². The molecule has 5 rings (SSSR count). The van der Waals surface area contributed by atoms with Crippen LogP contribution < -0.4 is 24.4 Å². The summed E-state index contributed by atoms with van der Waals surface area (Å²) in [5.74, 6) is 1.03. The first-order chi connectivity index (χ1) is 16.5. The van der Waals surface area contributed by atoms with E-state index in [1.165, 1.54) is 12.1 Å². The number of fused-ring (bicyclic) bond motifs is 1. The Morgan fingerprint density at radius 1 is 1.00 bits per heavy atom. The van der Waals surface area contributed by atoms with Crippen molar-refractivity contribution in [3.8, 4) is 17.2 Å². The highest BCUT2D eigenvalue weighted by molar-refractivity contribution is 6.00. The molecule has 7 nitrogen and oxygen atoms in total. The third-order valence-electron chi connectivity index (χ3n) is 5.87. The second kappa shape index (κ2) is 9.43. The van der Waals surface area contributed by atoms with Crippen molar-refractivity contribution in [1.82, 2.24) is 5.32 Å². The lowest BCUT2D eigenvalue weighted by atomic mass is 10.1. The van der Waals surface area contributed by atoms with Gasteiger partial charge in [0.05, 0.1) is 5.92 Å². The largest absolute Gasteiger partial charge is 0.489 e. The van der Waals surface area contributed by atoms with Crippen molar-refractivity contribution in [2.24, 2.45) is 5.92 Å². The summed E-state index contributed by atoms with van der Waals surface area (Å²) >= 11 is 0. The molecule has 3 aromatic carbocycles. The highest BCUT2D eigenvalue weighted by Crippen LogP contribution is 2.32. The maximum Gasteiger partial charge on any atom is 0.231 e. The number of amides is 2. The minimum Gasteiger partial charge on any atom is -0.489 e. The first-order valence-electron chi connectivity index (χ1n) is 11.0. The van der Waals surface area contributed by atoms with Gasteiger partial charge in [0.15, 0.2) is 11.5 Å². The van der Waals surface area contributed by atoms with E-state index >= 15 is 0 Å². The minimum absolute atomic E-state index is 0.0942. The fourth-order valence-electron chi connectivity index (χ4n) is 3.99. The van der Waals surface area contributed by atoms with Crippen molar-refractivity contribution >= 4 is 17.5 Å². The average molecular weight is 462 g/mol. The van der Waals surface area contributed by atoms with Crippen molar-refractivity contribution in [1.29, 1.82) is 0 Å². The third-order valence-corrected chi connectivity index (χ3v) is 5.87. The summed E-state index contributed by atoms with van der Waals surface area (Å²) in [7, 11) is 0. The Morgan fingerprint density at radius 3 is 2.53 bits per heavy atom. The quantitative estimate of drug-likeness (QED) is 0.578. The third kappa shape index (κ3) is 4.80. The van der Waals surface area contributed by atoms with Gasteiger partial charge in [-0.1, -0.05) is 18.2 Å². The molecule has 34 heavy (non-hydrogen) atoms. The molecule has 1 atom stereocenters. The Kier molecular flexibility index (Phi) is 6.03. The molecule has 2 heterocycles. The van der Waals surface area contributed by atoms with E-state index in [1.54, 1.807) is 41.3 Å². The van der Waals surface area contributed by atoms with Crippen LogP contribution in [0.15, 0.2) is 66.7 Å². The zero-order chi connectivity index (χ0) is 23.5. The number of nitrogens with one attached hydrogen (secondary N) is 1. The normalized spacial score (nSPS) is 16.6. The number of anilines is 1. The van der Waals surface area contributed by atoms with Crippen molar-refractivity contribution in [3.63, 3.8) is 0 Å². The number of ether oxygens (including phenoxy) is 3. The molecular weight excluding hydrogens is 439 g/mol. The van der Waals surface area contributed by atoms with Gasteiger partial charge in [-0.05, 0) is 59.7 Å². The summed E-state index contributed by atoms with van der Waals surface area (Å²) in [6.45, 7) is 1.18. The molecule has 2 amide bonds. The zero-order valence-corrected chi connectivity index (χ0v) is 18.3. The molecule has 0 aromatic heterocycles. The van der Waals surface area contributed by atoms with Crippen LogP contribution in [0.4, 0.5) is 10.1 Å². The first kappa shape index (κ1) is 21.8. The summed E-state index contributed by atoms with van der Waals surface area (Å²) in [6, 6.07) is 18.8. The molecule has 3 aromatic rings. The topological polar surface area (TPSA) is 77.1 Å². The molecule has 2 aliphatic heterocycles. The van der Waals surface area contributed by atoms with Gasteiger partial charge >= 0.3 is 0 Å². The number of hydrogen-bond acceptors (Lipinski definition) is 5. The lowest BCUT2D eigenvalue weighted by Crippen LogP contribution is -2.32. The smallest absolute Gasteiger partial charge is 0.231 e. The van der Waals surface area contributed by atoms with Gasteiger partial charge in [-0.2, -0.15) is 0 Å². The van der Waals surface area contributed by atoms with Crippen molar-refractivity contribution in [2.75, 3.05) is 18.2 Å². The molecule has 1 N–H and O–H groups in total. The Hall–Kier alpha value is -4.07. The SMILES string of the molecule is O=C(NCc1ccc2c(c1)OCO2)[C@H]1CC(=O)N(c2ccc(OCc3ccc(F)cc3)cc2)C1. The van der Waals surface area contributed by atoms with Gasteiger partial charge in [0.25, 0.3) is 0 Å². The van der Waals surface area contributed by atoms with Gasteiger partial charge < -0.3 is 24.4 Å². The first-order valence-corrected chi connectivity index (χ1v) is 11.0. The van der Waals surface area contributed by atoms with Crippen LogP contribution in [0.1, 0.15) is 17.5 Å². The molecule has 0 radical (unpaired) electrons. The molecular formula is C26H23FN2O5. The van der Waals surface area contributed by atoms with E-state index in [9.17, 15) is 14.0 Å². The van der Waals surface area contributed by atoms with Gasteiger partial charge in [0, 0.05) is 25.2 Å². The number of nitrogens with zero attached hydrogens (tertiary/aromatic N) is 1. The van der Waals surface area contributed by atoms with Gasteiger partial charge in [-0.15, -0.1) is 0 Å². The maximum atomic E-state index is 13.0. The number of rotatable bonds is 7. The van der Waals surface area contributed by atoms with E-state index < -0.39 is 5.92 Å². The van der Waals surface area contributed by atoms with E-state index in [4.69, 9.17) is 14.2 Å². The lowest BCUT2D eigenvalue weighted by molar-refractivity contribution is -0.126. The highest BCUT2D eigenvalue weighted by atomic mass is 19.1. The van der Waals surface area contributed by atoms with Crippen LogP contribution in [0, 0.1) is 11.7 Å². The van der Waals surface area contributed by atoms with E-state index in [2.05, 4.69) is 5.32 Å². The van der Waals surface area contributed by atoms with E-state index in [0.717, 1.165) is 11.1 Å². The monoisotopic (exact) mass is 462 g/mol. The molecule has 0 bridgehead atoms. The van der Waals surface area contributed by atoms with Crippen LogP contribution in [-0.4, -0.2) is 25.2 Å². The Morgan fingerprint density at radius 2 is 1.74 bits per heavy atom. The van der Waals surface area contributed by atoms with Crippen molar-refractivity contribution < 1.29 is 28.2 Å². The molecule has 0 aliphatic carbocycles. The molecule has 0 spiro atoms. The molecule has 8 heteroatoms. The van der Waals surface area contributed by atoms with Crippen LogP contribution in [0.5, 0.6) is 17.2 Å². The van der Waals surface area contributed by atoms with Crippen LogP contribution in [0.2, 0.25) is 0 Å². The summed E-state index contributed by atoms with van der Waals surface area (Å²) in [5, 5.41) is 2.91. The van der Waals surface area contributed by atoms with Gasteiger partial charge in [-0.25, -0.2) is 4.39 Å². The van der Waals surface area contributed by atoms with Gasteiger partial charge in [-0.3, -0.25) is 9.59 Å². The number of carbonyl (C=O) groups excluding carboxylic acids is 2. The summed E-state index contributed by atoms with van der Waals surface area (Å²) in [5.41, 5.74) is 2.47. The predicted molar refractivity (Wildman–Crippen MR) is 122 cm³/mol. The Bertz CT molecular complexity index is 1200. The Balaban J connectivity index is 1.14. The molecule has 0 unspecified atom stereocenters. The number of hydrogen-bond donors (Lipinski definition) is 1. The van der Waals surface area contributed by atoms with E-state index in [0.29, 0.717) is 42.6 Å². The minimum atomic E-state index is -0.420. The summed E-state index contributed by atoms with van der Waals surface area (Å²) < 4.78 is 29.4. The highest BCUT2D eigenvalue weighted by Gasteiger charge is 2.35. The molecule has 2 aliphatic rings. The molecule has 0 saturated carbocycles. The predicted octanol–water partition coefficient (Wildman–Crippen LogP) is 3.80. The standard InChI is InChI=1S/C26H23FN2O5/c27-20-4-1-17(2-5-20)15-32-22-8-6-21(7-9-22)29-14-19(12-25(29)30)26(31)28-13-18-3-10-23-24(11-18)34-16-33-23/h1-11,19H,12-16H2,(H,28,31)/t19-/m0/s1. The van der Waals surface area contributed by atoms with Crippen LogP contribution in [0.3, 0.4) is 0 Å². The molecule has 1 saturated heterocycles. The van der Waals surface area contributed by atoms with Crippen LogP contribution in [-0.2, 0) is 22.7 Å². The second-order valence-corrected chi connectivity index (χ2v) is 8.22. The molecule has 174 valence electrons. The molecule has 1 fully saturated rings. The number of halogens is 1. The summed E-state index contributed by atoms with van der Waals surface area (Å²) in [6.07, 6.45) is 0.162. The lowest BCUT2D eigenvalue weighted by Gasteiger charge is -2.17.